The Hall–Kier alpha value is -0.120. The van der Waals surface area contributed by atoms with E-state index in [1.54, 1.807) is 12.2 Å². The van der Waals surface area contributed by atoms with E-state index in [1.807, 2.05) is 14.0 Å². The van der Waals surface area contributed by atoms with Gasteiger partial charge in [-0.1, -0.05) is 6.92 Å². The maximum Gasteiger partial charge on any atom is 0.0575 e. The van der Waals surface area contributed by atoms with Crippen LogP contribution in [-0.2, 0) is 4.84 Å². The van der Waals surface area contributed by atoms with E-state index in [4.69, 9.17) is 10.6 Å². The summed E-state index contributed by atoms with van der Waals surface area (Å²) >= 11 is 0. The number of nitrogens with two attached hydrogens (primary N) is 1. The van der Waals surface area contributed by atoms with Crippen LogP contribution in [0.4, 0.5) is 0 Å². The summed E-state index contributed by atoms with van der Waals surface area (Å²) in [5.41, 5.74) is 5.74. The van der Waals surface area contributed by atoms with E-state index in [9.17, 15) is 0 Å². The molecule has 0 aromatic heterocycles. The molecule has 3 heteroatoms. The van der Waals surface area contributed by atoms with Crippen molar-refractivity contribution in [3.05, 3.63) is 0 Å². The predicted molar refractivity (Wildman–Crippen MR) is 42.5 cm³/mol. The van der Waals surface area contributed by atoms with Crippen LogP contribution in [0.15, 0.2) is 0 Å². The summed E-state index contributed by atoms with van der Waals surface area (Å²) in [7, 11) is 3.52. The maximum atomic E-state index is 5.87. The standard InChI is InChI=1S/C7H18N2O/c1-5-7(2,8)6-9(3)10-4/h5-6,8H2,1-4H3. The molecule has 0 spiro atoms. The monoisotopic (exact) mass is 146 g/mol. The Kier molecular flexibility index (Phi) is 3.86. The first-order valence-corrected chi connectivity index (χ1v) is 3.56. The van der Waals surface area contributed by atoms with Crippen molar-refractivity contribution < 1.29 is 4.84 Å². The Balaban J connectivity index is 3.64. The SMILES string of the molecule is CCC(C)(N)CN(C)OC. The molecule has 62 valence electrons. The third-order valence-corrected chi connectivity index (χ3v) is 1.70. The summed E-state index contributed by atoms with van der Waals surface area (Å²) in [6.45, 7) is 4.85. The molecule has 0 bridgehead atoms. The number of hydroxylamine groups is 2. The average Bonchev–Trinajstić information content (AvgIpc) is 1.87. The largest absolute Gasteiger partial charge is 0.324 e. The van der Waals surface area contributed by atoms with Gasteiger partial charge in [-0.05, 0) is 13.3 Å². The van der Waals surface area contributed by atoms with E-state index in [0.717, 1.165) is 13.0 Å². The Morgan fingerprint density at radius 3 is 2.40 bits per heavy atom. The number of hydrogen-bond donors (Lipinski definition) is 1. The van der Waals surface area contributed by atoms with Gasteiger partial charge in [0, 0.05) is 19.1 Å². The van der Waals surface area contributed by atoms with Crippen LogP contribution < -0.4 is 5.73 Å². The van der Waals surface area contributed by atoms with Crippen molar-refractivity contribution in [2.75, 3.05) is 20.7 Å². The van der Waals surface area contributed by atoms with E-state index in [0.29, 0.717) is 0 Å². The summed E-state index contributed by atoms with van der Waals surface area (Å²) in [5, 5.41) is 1.74. The van der Waals surface area contributed by atoms with E-state index < -0.39 is 0 Å². The van der Waals surface area contributed by atoms with Gasteiger partial charge >= 0.3 is 0 Å². The lowest BCUT2D eigenvalue weighted by atomic mass is 10.0. The molecule has 3 nitrogen and oxygen atoms in total. The molecule has 0 amide bonds. The Morgan fingerprint density at radius 1 is 1.60 bits per heavy atom. The highest BCUT2D eigenvalue weighted by atomic mass is 16.7. The summed E-state index contributed by atoms with van der Waals surface area (Å²) in [5.74, 6) is 0. The topological polar surface area (TPSA) is 38.5 Å². The lowest BCUT2D eigenvalue weighted by molar-refractivity contribution is -0.119. The molecule has 1 atom stereocenters. The van der Waals surface area contributed by atoms with Crippen molar-refractivity contribution in [2.45, 2.75) is 25.8 Å². The van der Waals surface area contributed by atoms with Crippen molar-refractivity contribution in [1.29, 1.82) is 0 Å². The number of hydrogen-bond acceptors (Lipinski definition) is 3. The molecule has 0 aliphatic carbocycles. The van der Waals surface area contributed by atoms with Crippen LogP contribution in [0, 0.1) is 0 Å². The van der Waals surface area contributed by atoms with E-state index in [-0.39, 0.29) is 5.54 Å². The van der Waals surface area contributed by atoms with Gasteiger partial charge in [-0.25, -0.2) is 0 Å². The van der Waals surface area contributed by atoms with Gasteiger partial charge < -0.3 is 10.6 Å². The van der Waals surface area contributed by atoms with Crippen LogP contribution in [0.2, 0.25) is 0 Å². The number of nitrogens with zero attached hydrogens (tertiary/aromatic N) is 1. The molecule has 0 aromatic carbocycles. The first-order valence-electron chi connectivity index (χ1n) is 3.56. The van der Waals surface area contributed by atoms with Crippen LogP contribution in [0.3, 0.4) is 0 Å². The van der Waals surface area contributed by atoms with E-state index in [1.165, 1.54) is 0 Å². The summed E-state index contributed by atoms with van der Waals surface area (Å²) in [6.07, 6.45) is 0.959. The average molecular weight is 146 g/mol. The molecule has 1 unspecified atom stereocenters. The van der Waals surface area contributed by atoms with Crippen LogP contribution >= 0.6 is 0 Å². The minimum atomic E-state index is -0.134. The van der Waals surface area contributed by atoms with Gasteiger partial charge in [0.15, 0.2) is 0 Å². The highest BCUT2D eigenvalue weighted by Crippen LogP contribution is 2.05. The Labute approximate surface area is 63.1 Å². The zero-order valence-electron chi connectivity index (χ0n) is 7.35. The summed E-state index contributed by atoms with van der Waals surface area (Å²) < 4.78 is 0. The normalized spacial score (nSPS) is 17.4. The van der Waals surface area contributed by atoms with Crippen LogP contribution in [0.25, 0.3) is 0 Å². The predicted octanol–water partition coefficient (Wildman–Crippen LogP) is 0.607. The second-order valence-electron chi connectivity index (χ2n) is 2.98. The van der Waals surface area contributed by atoms with Gasteiger partial charge in [-0.15, -0.1) is 0 Å². The van der Waals surface area contributed by atoms with Crippen LogP contribution in [0.1, 0.15) is 20.3 Å². The molecule has 2 N–H and O–H groups in total. The quantitative estimate of drug-likeness (QED) is 0.590. The minimum absolute atomic E-state index is 0.134. The zero-order valence-corrected chi connectivity index (χ0v) is 7.35. The van der Waals surface area contributed by atoms with Crippen LogP contribution in [0.5, 0.6) is 0 Å². The maximum absolute atomic E-state index is 5.87. The molecule has 10 heavy (non-hydrogen) atoms. The fourth-order valence-electron chi connectivity index (χ4n) is 0.685. The van der Waals surface area contributed by atoms with Crippen molar-refractivity contribution >= 4 is 0 Å². The van der Waals surface area contributed by atoms with Crippen molar-refractivity contribution in [3.8, 4) is 0 Å². The van der Waals surface area contributed by atoms with Gasteiger partial charge in [0.05, 0.1) is 7.11 Å². The van der Waals surface area contributed by atoms with Crippen LogP contribution in [-0.4, -0.2) is 31.3 Å². The molecule has 0 aliphatic heterocycles. The van der Waals surface area contributed by atoms with Gasteiger partial charge in [-0.3, -0.25) is 0 Å². The van der Waals surface area contributed by atoms with Gasteiger partial charge in [0.2, 0.25) is 0 Å². The number of likely N-dealkylation sites (N-methyl/N-ethyl adjacent to an activating group) is 1. The highest BCUT2D eigenvalue weighted by Gasteiger charge is 2.17. The Bertz CT molecular complexity index is 93.6. The fraction of sp³-hybridized carbons (Fsp3) is 1.00. The molecule has 0 radical (unpaired) electrons. The van der Waals surface area contributed by atoms with Crippen molar-refractivity contribution in [1.82, 2.24) is 5.06 Å². The summed E-state index contributed by atoms with van der Waals surface area (Å²) in [4.78, 5) is 4.94. The second kappa shape index (κ2) is 3.91. The Morgan fingerprint density at radius 2 is 2.10 bits per heavy atom. The minimum Gasteiger partial charge on any atom is -0.324 e. The van der Waals surface area contributed by atoms with Gasteiger partial charge in [-0.2, -0.15) is 5.06 Å². The van der Waals surface area contributed by atoms with E-state index >= 15 is 0 Å². The molecule has 0 saturated carbocycles. The van der Waals surface area contributed by atoms with Crippen molar-refractivity contribution in [3.63, 3.8) is 0 Å². The zero-order chi connectivity index (χ0) is 8.20. The molecule has 0 rings (SSSR count). The summed E-state index contributed by atoms with van der Waals surface area (Å²) in [6, 6.07) is 0. The van der Waals surface area contributed by atoms with Gasteiger partial charge in [0.25, 0.3) is 0 Å². The van der Waals surface area contributed by atoms with E-state index in [2.05, 4.69) is 6.92 Å². The second-order valence-corrected chi connectivity index (χ2v) is 2.98. The molecule has 0 aromatic rings. The molecule has 0 aliphatic rings. The fourth-order valence-corrected chi connectivity index (χ4v) is 0.685. The first-order chi connectivity index (χ1) is 4.52. The molecular weight excluding hydrogens is 128 g/mol. The molecule has 0 heterocycles. The number of rotatable bonds is 4. The van der Waals surface area contributed by atoms with Crippen molar-refractivity contribution in [2.24, 2.45) is 5.73 Å². The molecular formula is C7H18N2O. The third kappa shape index (κ3) is 3.82. The third-order valence-electron chi connectivity index (χ3n) is 1.70. The molecule has 0 fully saturated rings. The lowest BCUT2D eigenvalue weighted by Crippen LogP contribution is -2.45. The molecule has 0 saturated heterocycles. The first kappa shape index (κ1) is 9.88. The highest BCUT2D eigenvalue weighted by molar-refractivity contribution is 4.77. The van der Waals surface area contributed by atoms with Gasteiger partial charge in [0.1, 0.15) is 0 Å². The smallest absolute Gasteiger partial charge is 0.0575 e. The lowest BCUT2D eigenvalue weighted by Gasteiger charge is -2.27.